The molecule has 0 aromatic carbocycles. The summed E-state index contributed by atoms with van der Waals surface area (Å²) >= 11 is 1.95. The maximum Gasteiger partial charge on any atom is 0.231 e. The highest BCUT2D eigenvalue weighted by atomic mass is 32.2. The van der Waals surface area contributed by atoms with Crippen LogP contribution in [-0.4, -0.2) is 45.6 Å². The molecular formula is C11H20N6S. The molecule has 1 saturated heterocycles. The first kappa shape index (κ1) is 13.2. The van der Waals surface area contributed by atoms with E-state index in [1.165, 1.54) is 5.75 Å². The Morgan fingerprint density at radius 1 is 1.33 bits per heavy atom. The first-order valence-electron chi connectivity index (χ1n) is 6.33. The Morgan fingerprint density at radius 3 is 2.72 bits per heavy atom. The van der Waals surface area contributed by atoms with Crippen LogP contribution in [-0.2, 0) is 0 Å². The molecule has 0 bridgehead atoms. The largest absolute Gasteiger partial charge is 0.368 e. The third-order valence-corrected chi connectivity index (χ3v) is 4.11. The SMILES string of the molecule is CCN(CC)c1nc(N)nc(NC2CCSC2)n1. The van der Waals surface area contributed by atoms with Crippen molar-refractivity contribution in [3.8, 4) is 0 Å². The molecule has 1 fully saturated rings. The van der Waals surface area contributed by atoms with Gasteiger partial charge in [-0.05, 0) is 26.0 Å². The zero-order valence-corrected chi connectivity index (χ0v) is 11.7. The molecule has 0 spiro atoms. The fraction of sp³-hybridized carbons (Fsp3) is 0.727. The van der Waals surface area contributed by atoms with Crippen molar-refractivity contribution in [1.29, 1.82) is 0 Å². The van der Waals surface area contributed by atoms with E-state index >= 15 is 0 Å². The summed E-state index contributed by atoms with van der Waals surface area (Å²) in [4.78, 5) is 14.8. The molecule has 7 heteroatoms. The summed E-state index contributed by atoms with van der Waals surface area (Å²) in [6.45, 7) is 5.87. The lowest BCUT2D eigenvalue weighted by Gasteiger charge is -2.19. The van der Waals surface area contributed by atoms with Crippen LogP contribution < -0.4 is 16.0 Å². The first-order valence-corrected chi connectivity index (χ1v) is 7.49. The summed E-state index contributed by atoms with van der Waals surface area (Å²) in [5.74, 6) is 3.82. The molecule has 0 aliphatic carbocycles. The van der Waals surface area contributed by atoms with Crippen molar-refractivity contribution < 1.29 is 0 Å². The van der Waals surface area contributed by atoms with Crippen LogP contribution >= 0.6 is 11.8 Å². The van der Waals surface area contributed by atoms with E-state index in [1.54, 1.807) is 0 Å². The summed E-state index contributed by atoms with van der Waals surface area (Å²) in [7, 11) is 0. The van der Waals surface area contributed by atoms with Gasteiger partial charge in [-0.2, -0.15) is 26.7 Å². The standard InChI is InChI=1S/C11H20N6S/c1-3-17(4-2)11-15-9(12)14-10(16-11)13-8-5-6-18-7-8/h8H,3-7H2,1-2H3,(H3,12,13,14,15,16). The highest BCUT2D eigenvalue weighted by Crippen LogP contribution is 2.20. The molecule has 2 heterocycles. The number of anilines is 3. The lowest BCUT2D eigenvalue weighted by molar-refractivity contribution is 0.781. The van der Waals surface area contributed by atoms with Gasteiger partial charge in [0.2, 0.25) is 17.8 Å². The maximum atomic E-state index is 5.75. The van der Waals surface area contributed by atoms with E-state index in [2.05, 4.69) is 39.0 Å². The van der Waals surface area contributed by atoms with E-state index in [-0.39, 0.29) is 5.95 Å². The number of thioether (sulfide) groups is 1. The fourth-order valence-corrected chi connectivity index (χ4v) is 3.08. The second-order valence-corrected chi connectivity index (χ2v) is 5.34. The third kappa shape index (κ3) is 3.16. The molecule has 1 aliphatic rings. The van der Waals surface area contributed by atoms with Crippen LogP contribution in [0.15, 0.2) is 0 Å². The van der Waals surface area contributed by atoms with E-state index in [1.807, 2.05) is 11.8 Å². The van der Waals surface area contributed by atoms with Gasteiger partial charge in [0.15, 0.2) is 0 Å². The summed E-state index contributed by atoms with van der Waals surface area (Å²) in [5.41, 5.74) is 5.75. The molecule has 1 aromatic heterocycles. The second-order valence-electron chi connectivity index (χ2n) is 4.19. The van der Waals surface area contributed by atoms with Gasteiger partial charge >= 0.3 is 0 Å². The van der Waals surface area contributed by atoms with Crippen molar-refractivity contribution >= 4 is 29.6 Å². The van der Waals surface area contributed by atoms with E-state index < -0.39 is 0 Å². The Balaban J connectivity index is 2.14. The summed E-state index contributed by atoms with van der Waals surface area (Å²) in [6.07, 6.45) is 1.15. The highest BCUT2D eigenvalue weighted by molar-refractivity contribution is 7.99. The lowest BCUT2D eigenvalue weighted by atomic mass is 10.3. The Hall–Kier alpha value is -1.24. The van der Waals surface area contributed by atoms with Crippen molar-refractivity contribution in [1.82, 2.24) is 15.0 Å². The van der Waals surface area contributed by atoms with Crippen molar-refractivity contribution in [2.75, 3.05) is 40.5 Å². The molecule has 6 nitrogen and oxygen atoms in total. The van der Waals surface area contributed by atoms with Gasteiger partial charge in [0.1, 0.15) is 0 Å². The summed E-state index contributed by atoms with van der Waals surface area (Å²) in [5, 5.41) is 3.34. The number of nitrogen functional groups attached to an aromatic ring is 1. The fourth-order valence-electron chi connectivity index (χ4n) is 1.92. The van der Waals surface area contributed by atoms with Gasteiger partial charge in [0.05, 0.1) is 0 Å². The van der Waals surface area contributed by atoms with Gasteiger partial charge in [0.25, 0.3) is 0 Å². The average Bonchev–Trinajstić information content (AvgIpc) is 2.83. The minimum Gasteiger partial charge on any atom is -0.368 e. The van der Waals surface area contributed by atoms with Crippen molar-refractivity contribution in [2.45, 2.75) is 26.3 Å². The number of nitrogens with two attached hydrogens (primary N) is 1. The van der Waals surface area contributed by atoms with E-state index in [0.29, 0.717) is 17.9 Å². The lowest BCUT2D eigenvalue weighted by Crippen LogP contribution is -2.26. The van der Waals surface area contributed by atoms with Gasteiger partial charge in [-0.1, -0.05) is 0 Å². The van der Waals surface area contributed by atoms with Crippen LogP contribution in [0.5, 0.6) is 0 Å². The minimum absolute atomic E-state index is 0.278. The molecule has 1 unspecified atom stereocenters. The number of nitrogens with one attached hydrogen (secondary N) is 1. The van der Waals surface area contributed by atoms with Crippen LogP contribution in [0.1, 0.15) is 20.3 Å². The van der Waals surface area contributed by atoms with Gasteiger partial charge < -0.3 is 16.0 Å². The Kier molecular flexibility index (Phi) is 4.46. The van der Waals surface area contributed by atoms with E-state index in [4.69, 9.17) is 5.73 Å². The monoisotopic (exact) mass is 268 g/mol. The van der Waals surface area contributed by atoms with Crippen LogP contribution in [0.25, 0.3) is 0 Å². The average molecular weight is 268 g/mol. The zero-order chi connectivity index (χ0) is 13.0. The molecular weight excluding hydrogens is 248 g/mol. The highest BCUT2D eigenvalue weighted by Gasteiger charge is 2.17. The molecule has 1 atom stereocenters. The molecule has 2 rings (SSSR count). The van der Waals surface area contributed by atoms with Crippen LogP contribution in [0.3, 0.4) is 0 Å². The zero-order valence-electron chi connectivity index (χ0n) is 10.9. The minimum atomic E-state index is 0.278. The van der Waals surface area contributed by atoms with Crippen molar-refractivity contribution in [3.63, 3.8) is 0 Å². The van der Waals surface area contributed by atoms with Crippen molar-refractivity contribution in [2.24, 2.45) is 0 Å². The molecule has 1 aromatic rings. The maximum absolute atomic E-state index is 5.75. The third-order valence-electron chi connectivity index (χ3n) is 2.95. The van der Waals surface area contributed by atoms with Crippen LogP contribution in [0, 0.1) is 0 Å². The number of nitrogens with zero attached hydrogens (tertiary/aromatic N) is 4. The first-order chi connectivity index (χ1) is 8.72. The topological polar surface area (TPSA) is 80.0 Å². The van der Waals surface area contributed by atoms with E-state index in [0.717, 1.165) is 25.3 Å². The number of hydrogen-bond donors (Lipinski definition) is 2. The van der Waals surface area contributed by atoms with Gasteiger partial charge in [0, 0.05) is 24.9 Å². The second kappa shape index (κ2) is 6.08. The van der Waals surface area contributed by atoms with Crippen LogP contribution in [0.2, 0.25) is 0 Å². The quantitative estimate of drug-likeness (QED) is 0.831. The Labute approximate surface area is 112 Å². The normalized spacial score (nSPS) is 18.9. The Bertz CT molecular complexity index is 389. The smallest absolute Gasteiger partial charge is 0.231 e. The van der Waals surface area contributed by atoms with E-state index in [9.17, 15) is 0 Å². The predicted octanol–water partition coefficient (Wildman–Crippen LogP) is 1.22. The number of rotatable bonds is 5. The van der Waals surface area contributed by atoms with Gasteiger partial charge in [-0.15, -0.1) is 0 Å². The molecule has 0 amide bonds. The van der Waals surface area contributed by atoms with Crippen LogP contribution in [0.4, 0.5) is 17.8 Å². The predicted molar refractivity (Wildman–Crippen MR) is 77.2 cm³/mol. The summed E-state index contributed by atoms with van der Waals surface area (Å²) < 4.78 is 0. The molecule has 18 heavy (non-hydrogen) atoms. The van der Waals surface area contributed by atoms with Gasteiger partial charge in [-0.25, -0.2) is 0 Å². The summed E-state index contributed by atoms with van der Waals surface area (Å²) in [6, 6.07) is 0.446. The Morgan fingerprint density at radius 2 is 2.11 bits per heavy atom. The van der Waals surface area contributed by atoms with Crippen molar-refractivity contribution in [3.05, 3.63) is 0 Å². The molecule has 3 N–H and O–H groups in total. The number of hydrogen-bond acceptors (Lipinski definition) is 7. The number of aromatic nitrogens is 3. The van der Waals surface area contributed by atoms with Gasteiger partial charge in [-0.3, -0.25) is 0 Å². The molecule has 1 aliphatic heterocycles. The molecule has 0 radical (unpaired) electrons. The molecule has 100 valence electrons. The molecule has 0 saturated carbocycles.